The first-order chi connectivity index (χ1) is 10.2. The number of pyridine rings is 1. The first kappa shape index (κ1) is 14.1. The van der Waals surface area contributed by atoms with E-state index < -0.39 is 11.6 Å². The van der Waals surface area contributed by atoms with Crippen LogP contribution in [-0.2, 0) is 11.3 Å². The molecule has 2 heterocycles. The lowest BCUT2D eigenvalue weighted by molar-refractivity contribution is 0.0981. The lowest BCUT2D eigenvalue weighted by atomic mass is 10.0. The molecule has 0 unspecified atom stereocenters. The summed E-state index contributed by atoms with van der Waals surface area (Å²) in [7, 11) is 0. The normalized spacial score (nSPS) is 21.6. The minimum Gasteiger partial charge on any atom is -0.372 e. The van der Waals surface area contributed by atoms with Crippen LogP contribution in [0.25, 0.3) is 0 Å². The number of rotatable bonds is 4. The van der Waals surface area contributed by atoms with Crippen molar-refractivity contribution in [3.63, 3.8) is 0 Å². The van der Waals surface area contributed by atoms with Crippen LogP contribution in [-0.4, -0.2) is 17.6 Å². The highest BCUT2D eigenvalue weighted by Crippen LogP contribution is 2.30. The minimum absolute atomic E-state index is 0.0861. The van der Waals surface area contributed by atoms with Crippen LogP contribution < -0.4 is 5.32 Å². The number of hydrogen-bond acceptors (Lipinski definition) is 3. The molecular weight excluding hydrogens is 274 g/mol. The second kappa shape index (κ2) is 6.28. The molecule has 21 heavy (non-hydrogen) atoms. The number of benzene rings is 1. The van der Waals surface area contributed by atoms with Gasteiger partial charge in [-0.2, -0.15) is 0 Å². The number of ether oxygens (including phenoxy) is 1. The Morgan fingerprint density at radius 1 is 1.14 bits per heavy atom. The molecule has 0 aliphatic carbocycles. The largest absolute Gasteiger partial charge is 0.372 e. The molecule has 0 saturated carbocycles. The van der Waals surface area contributed by atoms with Crippen molar-refractivity contribution >= 4 is 0 Å². The van der Waals surface area contributed by atoms with Crippen LogP contribution in [0.5, 0.6) is 0 Å². The number of aromatic nitrogens is 1. The maximum Gasteiger partial charge on any atom is 0.159 e. The van der Waals surface area contributed by atoms with Crippen molar-refractivity contribution in [1.29, 1.82) is 0 Å². The second-order valence-electron chi connectivity index (χ2n) is 5.10. The van der Waals surface area contributed by atoms with E-state index in [0.717, 1.165) is 18.1 Å². The van der Waals surface area contributed by atoms with Gasteiger partial charge in [-0.3, -0.25) is 4.98 Å². The van der Waals surface area contributed by atoms with E-state index in [9.17, 15) is 8.78 Å². The average Bonchev–Trinajstić information content (AvgIpc) is 2.97. The molecule has 3 nitrogen and oxygen atoms in total. The standard InChI is InChI=1S/C16H16F2N2O/c17-13-2-1-12(9-14(13)18)16-15(5-8-21-16)20-10-11-3-6-19-7-4-11/h1-4,6-7,9,15-16,20H,5,8,10H2/t15-,16+/m0/s1. The van der Waals surface area contributed by atoms with E-state index >= 15 is 0 Å². The Balaban J connectivity index is 1.69. The monoisotopic (exact) mass is 290 g/mol. The Bertz CT molecular complexity index is 606. The smallest absolute Gasteiger partial charge is 0.159 e. The average molecular weight is 290 g/mol. The predicted molar refractivity (Wildman–Crippen MR) is 74.5 cm³/mol. The molecule has 1 aliphatic heterocycles. The van der Waals surface area contributed by atoms with Gasteiger partial charge in [0.05, 0.1) is 6.10 Å². The first-order valence-electron chi connectivity index (χ1n) is 6.93. The Hall–Kier alpha value is -1.85. The highest BCUT2D eigenvalue weighted by atomic mass is 19.2. The summed E-state index contributed by atoms with van der Waals surface area (Å²) in [5.74, 6) is -1.67. The lowest BCUT2D eigenvalue weighted by Gasteiger charge is -2.20. The number of nitrogens with one attached hydrogen (secondary N) is 1. The second-order valence-corrected chi connectivity index (χ2v) is 5.10. The molecule has 2 atom stereocenters. The summed E-state index contributed by atoms with van der Waals surface area (Å²) in [5.41, 5.74) is 1.79. The van der Waals surface area contributed by atoms with Crippen molar-refractivity contribution in [3.05, 3.63) is 65.5 Å². The lowest BCUT2D eigenvalue weighted by Crippen LogP contribution is -2.31. The fraction of sp³-hybridized carbons (Fsp3) is 0.312. The summed E-state index contributed by atoms with van der Waals surface area (Å²) in [6.45, 7) is 1.30. The van der Waals surface area contributed by atoms with Gasteiger partial charge >= 0.3 is 0 Å². The first-order valence-corrected chi connectivity index (χ1v) is 6.93. The topological polar surface area (TPSA) is 34.1 Å². The van der Waals surface area contributed by atoms with Gasteiger partial charge < -0.3 is 10.1 Å². The molecular formula is C16H16F2N2O. The van der Waals surface area contributed by atoms with Gasteiger partial charge in [0, 0.05) is 31.6 Å². The van der Waals surface area contributed by atoms with Gasteiger partial charge in [-0.05, 0) is 41.8 Å². The van der Waals surface area contributed by atoms with E-state index in [4.69, 9.17) is 4.74 Å². The van der Waals surface area contributed by atoms with Crippen molar-refractivity contribution in [2.24, 2.45) is 0 Å². The molecule has 1 saturated heterocycles. The quantitative estimate of drug-likeness (QED) is 0.940. The van der Waals surface area contributed by atoms with Crippen LogP contribution in [0, 0.1) is 11.6 Å². The SMILES string of the molecule is Fc1ccc([C@H]2OCC[C@@H]2NCc2ccncc2)cc1F. The number of hydrogen-bond donors (Lipinski definition) is 1. The third-order valence-corrected chi connectivity index (χ3v) is 3.68. The van der Waals surface area contributed by atoms with Gasteiger partial charge in [-0.1, -0.05) is 6.07 Å². The molecule has 0 amide bonds. The molecule has 0 spiro atoms. The van der Waals surface area contributed by atoms with E-state index in [1.807, 2.05) is 12.1 Å². The predicted octanol–water partition coefficient (Wildman–Crippen LogP) is 2.98. The van der Waals surface area contributed by atoms with Gasteiger partial charge in [0.2, 0.25) is 0 Å². The number of halogens is 2. The van der Waals surface area contributed by atoms with E-state index in [0.29, 0.717) is 18.7 Å². The van der Waals surface area contributed by atoms with Gasteiger partial charge in [0.15, 0.2) is 11.6 Å². The summed E-state index contributed by atoms with van der Waals surface area (Å²) in [5, 5.41) is 3.41. The van der Waals surface area contributed by atoms with E-state index in [-0.39, 0.29) is 12.1 Å². The fourth-order valence-electron chi connectivity index (χ4n) is 2.57. The molecule has 2 aromatic rings. The van der Waals surface area contributed by atoms with Crippen molar-refractivity contribution in [1.82, 2.24) is 10.3 Å². The molecule has 0 radical (unpaired) electrons. The van der Waals surface area contributed by atoms with E-state index in [2.05, 4.69) is 10.3 Å². The van der Waals surface area contributed by atoms with E-state index in [1.54, 1.807) is 18.5 Å². The molecule has 1 aromatic carbocycles. The summed E-state index contributed by atoms with van der Waals surface area (Å²) in [6.07, 6.45) is 4.08. The maximum absolute atomic E-state index is 13.4. The van der Waals surface area contributed by atoms with Crippen molar-refractivity contribution < 1.29 is 13.5 Å². The van der Waals surface area contributed by atoms with Crippen molar-refractivity contribution in [2.75, 3.05) is 6.61 Å². The third-order valence-electron chi connectivity index (χ3n) is 3.68. The summed E-state index contributed by atoms with van der Waals surface area (Å²) >= 11 is 0. The molecule has 110 valence electrons. The summed E-state index contributed by atoms with van der Waals surface area (Å²) < 4.78 is 32.0. The van der Waals surface area contributed by atoms with Crippen LogP contribution in [0.3, 0.4) is 0 Å². The van der Waals surface area contributed by atoms with Crippen LogP contribution in [0.4, 0.5) is 8.78 Å². The van der Waals surface area contributed by atoms with Crippen molar-refractivity contribution in [2.45, 2.75) is 25.1 Å². The van der Waals surface area contributed by atoms with Crippen LogP contribution in [0.2, 0.25) is 0 Å². The minimum atomic E-state index is -0.837. The molecule has 5 heteroatoms. The molecule has 1 N–H and O–H groups in total. The Labute approximate surface area is 122 Å². The van der Waals surface area contributed by atoms with Gasteiger partial charge in [-0.15, -0.1) is 0 Å². The Morgan fingerprint density at radius 3 is 2.71 bits per heavy atom. The fourth-order valence-corrected chi connectivity index (χ4v) is 2.57. The highest BCUT2D eigenvalue weighted by molar-refractivity contribution is 5.22. The zero-order valence-electron chi connectivity index (χ0n) is 11.4. The Kier molecular flexibility index (Phi) is 4.22. The van der Waals surface area contributed by atoms with Crippen LogP contribution in [0.1, 0.15) is 23.7 Å². The van der Waals surface area contributed by atoms with Crippen LogP contribution in [0.15, 0.2) is 42.7 Å². The highest BCUT2D eigenvalue weighted by Gasteiger charge is 2.29. The van der Waals surface area contributed by atoms with Gasteiger partial charge in [0.1, 0.15) is 0 Å². The van der Waals surface area contributed by atoms with Crippen molar-refractivity contribution in [3.8, 4) is 0 Å². The van der Waals surface area contributed by atoms with E-state index in [1.165, 1.54) is 6.07 Å². The van der Waals surface area contributed by atoms with Gasteiger partial charge in [-0.25, -0.2) is 8.78 Å². The third kappa shape index (κ3) is 3.25. The molecule has 1 fully saturated rings. The molecule has 1 aromatic heterocycles. The molecule has 0 bridgehead atoms. The molecule has 1 aliphatic rings. The zero-order valence-corrected chi connectivity index (χ0v) is 11.4. The van der Waals surface area contributed by atoms with Gasteiger partial charge in [0.25, 0.3) is 0 Å². The summed E-state index contributed by atoms with van der Waals surface area (Å²) in [6, 6.07) is 7.90. The Morgan fingerprint density at radius 2 is 1.95 bits per heavy atom. The maximum atomic E-state index is 13.4. The number of nitrogens with zero attached hydrogens (tertiary/aromatic N) is 1. The summed E-state index contributed by atoms with van der Waals surface area (Å²) in [4.78, 5) is 3.98. The van der Waals surface area contributed by atoms with Crippen LogP contribution >= 0.6 is 0 Å². The molecule has 3 rings (SSSR count). The zero-order chi connectivity index (χ0) is 14.7.